The van der Waals surface area contributed by atoms with Crippen molar-refractivity contribution in [2.24, 2.45) is 16.6 Å². The van der Waals surface area contributed by atoms with Crippen molar-refractivity contribution >= 4 is 52.2 Å². The number of halogens is 3. The summed E-state index contributed by atoms with van der Waals surface area (Å²) in [6.07, 6.45) is 4.74. The van der Waals surface area contributed by atoms with E-state index < -0.39 is 11.6 Å². The van der Waals surface area contributed by atoms with Gasteiger partial charge in [0.1, 0.15) is 17.3 Å². The second kappa shape index (κ2) is 12.8. The van der Waals surface area contributed by atoms with Crippen LogP contribution in [-0.4, -0.2) is 53.4 Å². The monoisotopic (exact) mass is 630 g/mol. The number of anilines is 4. The lowest BCUT2D eigenvalue weighted by Crippen LogP contribution is -2.40. The molecule has 0 radical (unpaired) electrons. The minimum atomic E-state index is -0.667. The van der Waals surface area contributed by atoms with Crippen molar-refractivity contribution in [3.8, 4) is 11.3 Å². The highest BCUT2D eigenvalue weighted by atomic mass is 35.5. The van der Waals surface area contributed by atoms with E-state index in [4.69, 9.17) is 22.3 Å². The number of benzene rings is 3. The predicted octanol–water partition coefficient (Wildman–Crippen LogP) is 6.31. The third-order valence-corrected chi connectivity index (χ3v) is 8.53. The van der Waals surface area contributed by atoms with Gasteiger partial charge in [-0.1, -0.05) is 23.7 Å². The summed E-state index contributed by atoms with van der Waals surface area (Å²) in [5, 5.41) is 6.38. The Balaban J connectivity index is 1.23. The number of hydrogen-bond acceptors (Lipinski definition) is 7. The normalized spacial score (nSPS) is 17.9. The van der Waals surface area contributed by atoms with Gasteiger partial charge in [-0.15, -0.1) is 0 Å². The number of nitrogens with one attached hydrogen (secondary N) is 2. The van der Waals surface area contributed by atoms with Crippen LogP contribution in [0.3, 0.4) is 0 Å². The zero-order valence-corrected chi connectivity index (χ0v) is 25.7. The summed E-state index contributed by atoms with van der Waals surface area (Å²) < 4.78 is 29.8. The number of carbonyl (C=O) groups is 1. The molecule has 1 aromatic heterocycles. The first-order chi connectivity index (χ1) is 21.7. The minimum absolute atomic E-state index is 0.0258. The van der Waals surface area contributed by atoms with Crippen LogP contribution in [0.15, 0.2) is 71.9 Å². The lowest BCUT2D eigenvalue weighted by molar-refractivity contribution is -0.123. The molecule has 1 saturated carbocycles. The van der Waals surface area contributed by atoms with Crippen molar-refractivity contribution in [3.63, 3.8) is 0 Å². The van der Waals surface area contributed by atoms with Gasteiger partial charge in [0, 0.05) is 41.0 Å². The van der Waals surface area contributed by atoms with Gasteiger partial charge in [-0.25, -0.2) is 23.7 Å². The average molecular weight is 631 g/mol. The van der Waals surface area contributed by atoms with E-state index >= 15 is 0 Å². The summed E-state index contributed by atoms with van der Waals surface area (Å²) in [5.74, 6) is -1.20. The van der Waals surface area contributed by atoms with Crippen molar-refractivity contribution in [1.29, 1.82) is 0 Å². The van der Waals surface area contributed by atoms with E-state index in [2.05, 4.69) is 25.5 Å². The van der Waals surface area contributed by atoms with Gasteiger partial charge in [0.15, 0.2) is 0 Å². The fraction of sp³-hybridized carbons (Fsp3) is 0.273. The second-order valence-corrected chi connectivity index (χ2v) is 11.9. The molecule has 2 aliphatic rings. The van der Waals surface area contributed by atoms with Crippen LogP contribution in [0, 0.1) is 17.6 Å². The number of fused-ring (bicyclic) bond motifs is 3. The Morgan fingerprint density at radius 2 is 1.87 bits per heavy atom. The van der Waals surface area contributed by atoms with Gasteiger partial charge in [0.25, 0.3) is 0 Å². The first kappa shape index (κ1) is 30.4. The van der Waals surface area contributed by atoms with Gasteiger partial charge < -0.3 is 20.9 Å². The number of amides is 1. The van der Waals surface area contributed by atoms with Crippen LogP contribution >= 0.6 is 11.6 Å². The topological polar surface area (TPSA) is 112 Å². The first-order valence-electron chi connectivity index (χ1n) is 14.7. The molecule has 45 heavy (non-hydrogen) atoms. The van der Waals surface area contributed by atoms with Crippen molar-refractivity contribution in [1.82, 2.24) is 20.2 Å². The molecule has 1 amide bonds. The molecule has 2 atom stereocenters. The number of nitrogens with two attached hydrogens (primary N) is 1. The summed E-state index contributed by atoms with van der Waals surface area (Å²) in [6, 6.07) is 16.6. The maximum atomic E-state index is 14.9. The number of rotatable bonds is 6. The number of para-hydroxylation sites is 1. The number of hydrogen-bond donors (Lipinski definition) is 3. The molecule has 1 aliphatic heterocycles. The second-order valence-electron chi connectivity index (χ2n) is 11.5. The highest BCUT2D eigenvalue weighted by Gasteiger charge is 2.31. The molecule has 0 bridgehead atoms. The Bertz CT molecular complexity index is 1760. The van der Waals surface area contributed by atoms with Crippen molar-refractivity contribution < 1.29 is 13.6 Å². The molecular weight excluding hydrogens is 598 g/mol. The Labute approximate surface area is 265 Å². The van der Waals surface area contributed by atoms with Gasteiger partial charge in [-0.3, -0.25) is 10.1 Å². The quantitative estimate of drug-likeness (QED) is 0.169. The standard InChI is InChI=1S/C33H33ClF2N8O/c1-43(2)24-11-9-19(15-24)31(45)42-32(37)39-22-5-3-6-23(17-22)40-33-38-18-20-13-14-44(30-26(35)7-4-8-27(30)36)28-16-21(34)10-12-25(28)29(20)41-33/h3-8,10,12,16-19,24H,9,11,13-15H2,1-2H3,(H,38,40,41)(H3,37,39,42,45). The van der Waals surface area contributed by atoms with Crippen molar-refractivity contribution in [2.75, 3.05) is 30.9 Å². The van der Waals surface area contributed by atoms with Gasteiger partial charge in [-0.05, 0) is 93.9 Å². The maximum Gasteiger partial charge on any atom is 0.229 e. The molecule has 4 aromatic rings. The van der Waals surface area contributed by atoms with Gasteiger partial charge >= 0.3 is 0 Å². The molecule has 0 spiro atoms. The van der Waals surface area contributed by atoms with E-state index in [9.17, 15) is 13.6 Å². The summed E-state index contributed by atoms with van der Waals surface area (Å²) in [5.41, 5.74) is 9.79. The molecule has 1 aliphatic carbocycles. The van der Waals surface area contributed by atoms with E-state index in [-0.39, 0.29) is 23.5 Å². The third-order valence-electron chi connectivity index (χ3n) is 8.29. The molecule has 2 unspecified atom stereocenters. The van der Waals surface area contributed by atoms with Crippen molar-refractivity contribution in [2.45, 2.75) is 31.7 Å². The van der Waals surface area contributed by atoms with Crippen LogP contribution in [0.25, 0.3) is 11.3 Å². The van der Waals surface area contributed by atoms with Crippen LogP contribution in [0.5, 0.6) is 0 Å². The summed E-state index contributed by atoms with van der Waals surface area (Å²) in [7, 11) is 4.05. The van der Waals surface area contributed by atoms with Crippen LogP contribution in [0.4, 0.5) is 37.5 Å². The van der Waals surface area contributed by atoms with Crippen LogP contribution < -0.4 is 21.3 Å². The summed E-state index contributed by atoms with van der Waals surface area (Å²) in [4.78, 5) is 30.2. The smallest absolute Gasteiger partial charge is 0.229 e. The fourth-order valence-electron chi connectivity index (χ4n) is 5.99. The van der Waals surface area contributed by atoms with E-state index in [0.29, 0.717) is 58.3 Å². The first-order valence-corrected chi connectivity index (χ1v) is 15.1. The Morgan fingerprint density at radius 3 is 2.62 bits per heavy atom. The van der Waals surface area contributed by atoms with Crippen LogP contribution in [-0.2, 0) is 11.2 Å². The largest absolute Gasteiger partial charge is 0.369 e. The Morgan fingerprint density at radius 1 is 1.09 bits per heavy atom. The third kappa shape index (κ3) is 6.59. The van der Waals surface area contributed by atoms with Crippen LogP contribution in [0.1, 0.15) is 24.8 Å². The van der Waals surface area contributed by atoms with Gasteiger partial charge in [-0.2, -0.15) is 0 Å². The SMILES string of the molecule is CN(C)C1CCC(C(=O)NC(N)=Nc2cccc(Nc3ncc4c(n3)-c3ccc(Cl)cc3N(c3c(F)cccc3F)CC4)c2)C1. The molecule has 2 heterocycles. The highest BCUT2D eigenvalue weighted by molar-refractivity contribution is 6.31. The number of nitrogens with zero attached hydrogens (tertiary/aromatic N) is 5. The molecule has 1 fully saturated rings. The lowest BCUT2D eigenvalue weighted by atomic mass is 10.0. The van der Waals surface area contributed by atoms with E-state index in [1.165, 1.54) is 18.2 Å². The van der Waals surface area contributed by atoms with E-state index in [1.54, 1.807) is 47.5 Å². The molecule has 4 N–H and O–H groups in total. The lowest BCUT2D eigenvalue weighted by Gasteiger charge is -2.26. The predicted molar refractivity (Wildman–Crippen MR) is 174 cm³/mol. The maximum absolute atomic E-state index is 14.9. The van der Waals surface area contributed by atoms with Gasteiger partial charge in [0.2, 0.25) is 17.8 Å². The molecule has 0 saturated heterocycles. The number of carbonyl (C=O) groups excluding carboxylic acids is 1. The number of aromatic nitrogens is 2. The Hall–Kier alpha value is -4.61. The summed E-state index contributed by atoms with van der Waals surface area (Å²) in [6.45, 7) is 0.295. The molecule has 9 nitrogen and oxygen atoms in total. The molecule has 6 rings (SSSR count). The number of aliphatic imine (C=N–C) groups is 1. The molecular formula is C33H33ClF2N8O. The zero-order chi connectivity index (χ0) is 31.7. The summed E-state index contributed by atoms with van der Waals surface area (Å²) >= 11 is 6.35. The number of guanidine groups is 1. The highest BCUT2D eigenvalue weighted by Crippen LogP contribution is 2.42. The molecule has 3 aromatic carbocycles. The zero-order valence-electron chi connectivity index (χ0n) is 24.9. The van der Waals surface area contributed by atoms with Crippen LogP contribution in [0.2, 0.25) is 5.02 Å². The Kier molecular flexibility index (Phi) is 8.64. The van der Waals surface area contributed by atoms with E-state index in [1.807, 2.05) is 20.2 Å². The minimum Gasteiger partial charge on any atom is -0.369 e. The van der Waals surface area contributed by atoms with Crippen molar-refractivity contribution in [3.05, 3.63) is 89.1 Å². The van der Waals surface area contributed by atoms with Gasteiger partial charge in [0.05, 0.1) is 17.1 Å². The molecule has 12 heteroatoms. The fourth-order valence-corrected chi connectivity index (χ4v) is 6.15. The van der Waals surface area contributed by atoms with E-state index in [0.717, 1.165) is 24.8 Å². The average Bonchev–Trinajstić information content (AvgIpc) is 3.45. The molecule has 232 valence electrons.